The predicted molar refractivity (Wildman–Crippen MR) is 79.1 cm³/mol. The third kappa shape index (κ3) is 97.2. The fourth-order valence-electron chi connectivity index (χ4n) is 0.577. The largest absolute Gasteiger partial charge is 4.00 e. The Morgan fingerprint density at radius 1 is 0.429 bits per heavy atom. The summed E-state index contributed by atoms with van der Waals surface area (Å²) in [6, 6.07) is 0. The van der Waals surface area contributed by atoms with Crippen LogP contribution in [-0.2, 0) is 20.1 Å². The summed E-state index contributed by atoms with van der Waals surface area (Å²) in [5.41, 5.74) is 0. The van der Waals surface area contributed by atoms with E-state index >= 15 is 0 Å². The second-order valence-corrected chi connectivity index (χ2v) is 4.23. The van der Waals surface area contributed by atoms with Gasteiger partial charge in [0.1, 0.15) is 0 Å². The first kappa shape index (κ1) is 33.2. The Labute approximate surface area is 146 Å². The minimum Gasteiger partial charge on any atom is -0.854 e. The van der Waals surface area contributed by atoms with Crippen LogP contribution in [0.15, 0.2) is 0 Å². The molecule has 0 aromatic heterocycles. The molecule has 4 nitrogen and oxygen atoms in total. The standard InChI is InChI=1S/4C4H9O.Ir/c4*1-2-3-4-5;/h4*2-4H2,1H3;/q4*-1;+4. The van der Waals surface area contributed by atoms with Gasteiger partial charge in [-0.3, -0.25) is 0 Å². The molecule has 0 atom stereocenters. The quantitative estimate of drug-likeness (QED) is 0.504. The van der Waals surface area contributed by atoms with Crippen LogP contribution in [0.2, 0.25) is 0 Å². The van der Waals surface area contributed by atoms with Crippen LogP contribution in [0.25, 0.3) is 0 Å². The van der Waals surface area contributed by atoms with E-state index in [9.17, 15) is 20.4 Å². The van der Waals surface area contributed by atoms with Gasteiger partial charge in [-0.15, -0.1) is 26.4 Å². The zero-order valence-corrected chi connectivity index (χ0v) is 16.8. The second-order valence-electron chi connectivity index (χ2n) is 4.23. The van der Waals surface area contributed by atoms with Gasteiger partial charge in [-0.05, 0) is 0 Å². The van der Waals surface area contributed by atoms with E-state index in [1.807, 2.05) is 27.7 Å². The van der Waals surface area contributed by atoms with Crippen molar-refractivity contribution in [1.29, 1.82) is 0 Å². The molecule has 1 radical (unpaired) electrons. The Bertz CT molecular complexity index is 74.3. The number of rotatable bonds is 8. The summed E-state index contributed by atoms with van der Waals surface area (Å²) < 4.78 is 0. The van der Waals surface area contributed by atoms with Gasteiger partial charge in [-0.2, -0.15) is 0 Å². The molecule has 5 heteroatoms. The van der Waals surface area contributed by atoms with E-state index in [2.05, 4.69) is 0 Å². The number of hydrogen-bond acceptors (Lipinski definition) is 4. The molecule has 0 heterocycles. The summed E-state index contributed by atoms with van der Waals surface area (Å²) in [6.07, 6.45) is 7.46. The summed E-state index contributed by atoms with van der Waals surface area (Å²) >= 11 is 0. The van der Waals surface area contributed by atoms with Gasteiger partial charge in [-0.25, -0.2) is 0 Å². The van der Waals surface area contributed by atoms with Crippen molar-refractivity contribution in [3.8, 4) is 0 Å². The normalized spacial score (nSPS) is 8.00. The molecular weight excluding hydrogens is 448 g/mol. The molecule has 0 aliphatic heterocycles. The third-order valence-corrected chi connectivity index (χ3v) is 1.99. The Hall–Kier alpha value is 0.489. The van der Waals surface area contributed by atoms with Crippen molar-refractivity contribution in [3.05, 3.63) is 0 Å². The van der Waals surface area contributed by atoms with Crippen LogP contribution in [0.3, 0.4) is 0 Å². The van der Waals surface area contributed by atoms with Gasteiger partial charge >= 0.3 is 20.1 Å². The Morgan fingerprint density at radius 2 is 0.571 bits per heavy atom. The maximum Gasteiger partial charge on any atom is 4.00 e. The first-order valence-corrected chi connectivity index (χ1v) is 7.98. The minimum atomic E-state index is 0. The molecule has 0 aliphatic carbocycles. The summed E-state index contributed by atoms with van der Waals surface area (Å²) in [7, 11) is 0. The molecule has 0 fully saturated rings. The summed E-state index contributed by atoms with van der Waals surface area (Å²) in [5.74, 6) is 0. The van der Waals surface area contributed by atoms with Crippen molar-refractivity contribution < 1.29 is 40.5 Å². The predicted octanol–water partition coefficient (Wildman–Crippen LogP) is 0.585. The average molecular weight is 485 g/mol. The van der Waals surface area contributed by atoms with Gasteiger partial charge in [-0.1, -0.05) is 79.1 Å². The summed E-state index contributed by atoms with van der Waals surface area (Å²) in [4.78, 5) is 0. The van der Waals surface area contributed by atoms with E-state index in [0.29, 0.717) is 0 Å². The fraction of sp³-hybridized carbons (Fsp3) is 1.00. The Balaban J connectivity index is -0.0000000533. The van der Waals surface area contributed by atoms with Crippen LogP contribution < -0.4 is 20.4 Å². The first-order chi connectivity index (χ1) is 9.66. The van der Waals surface area contributed by atoms with Crippen LogP contribution >= 0.6 is 0 Å². The number of unbranched alkanes of at least 4 members (excludes halogenated alkanes) is 4. The van der Waals surface area contributed by atoms with Gasteiger partial charge in [0, 0.05) is 0 Å². The maximum absolute atomic E-state index is 9.53. The topological polar surface area (TPSA) is 92.2 Å². The smallest absolute Gasteiger partial charge is 0.854 e. The van der Waals surface area contributed by atoms with Crippen molar-refractivity contribution >= 4 is 0 Å². The summed E-state index contributed by atoms with van der Waals surface area (Å²) in [6.45, 7) is 8.42. The van der Waals surface area contributed by atoms with Gasteiger partial charge in [0.2, 0.25) is 0 Å². The van der Waals surface area contributed by atoms with E-state index < -0.39 is 0 Å². The summed E-state index contributed by atoms with van der Waals surface area (Å²) in [5, 5.41) is 38.1. The van der Waals surface area contributed by atoms with Gasteiger partial charge < -0.3 is 20.4 Å². The third-order valence-electron chi connectivity index (χ3n) is 1.99. The van der Waals surface area contributed by atoms with E-state index in [-0.39, 0.29) is 46.5 Å². The molecule has 133 valence electrons. The molecule has 0 bridgehead atoms. The van der Waals surface area contributed by atoms with Crippen molar-refractivity contribution in [1.82, 2.24) is 0 Å². The van der Waals surface area contributed by atoms with Crippen LogP contribution in [0, 0.1) is 0 Å². The van der Waals surface area contributed by atoms with E-state index in [0.717, 1.165) is 51.4 Å². The zero-order chi connectivity index (χ0) is 16.5. The van der Waals surface area contributed by atoms with Crippen LogP contribution in [0.1, 0.15) is 79.1 Å². The molecule has 0 saturated carbocycles. The molecule has 0 aromatic carbocycles. The van der Waals surface area contributed by atoms with Crippen molar-refractivity contribution in [2.75, 3.05) is 26.4 Å². The zero-order valence-electron chi connectivity index (χ0n) is 14.5. The SMILES string of the molecule is CCCC[O-].CCCC[O-].CCCC[O-].CCCC[O-].[Ir+4]. The molecule has 0 aliphatic rings. The maximum atomic E-state index is 9.53. The van der Waals surface area contributed by atoms with Crippen molar-refractivity contribution in [2.45, 2.75) is 79.1 Å². The average Bonchev–Trinajstić information content (AvgIpc) is 2.44. The molecule has 21 heavy (non-hydrogen) atoms. The van der Waals surface area contributed by atoms with Gasteiger partial charge in [0.25, 0.3) is 0 Å². The van der Waals surface area contributed by atoms with E-state index in [1.165, 1.54) is 0 Å². The minimum absolute atomic E-state index is 0. The van der Waals surface area contributed by atoms with E-state index in [4.69, 9.17) is 0 Å². The molecule has 0 saturated heterocycles. The fourth-order valence-corrected chi connectivity index (χ4v) is 0.577. The first-order valence-electron chi connectivity index (χ1n) is 7.98. The van der Waals surface area contributed by atoms with Crippen molar-refractivity contribution in [2.24, 2.45) is 0 Å². The molecule has 0 unspecified atom stereocenters. The molecule has 0 N–H and O–H groups in total. The second kappa shape index (κ2) is 49.9. The molecule has 0 spiro atoms. The van der Waals surface area contributed by atoms with Crippen molar-refractivity contribution in [3.63, 3.8) is 0 Å². The van der Waals surface area contributed by atoms with Crippen LogP contribution in [-0.4, -0.2) is 26.4 Å². The number of hydrogen-bond donors (Lipinski definition) is 0. The van der Waals surface area contributed by atoms with Crippen LogP contribution in [0.5, 0.6) is 0 Å². The molecule has 0 amide bonds. The monoisotopic (exact) mass is 485 g/mol. The van der Waals surface area contributed by atoms with Crippen LogP contribution in [0.4, 0.5) is 0 Å². The Morgan fingerprint density at radius 3 is 0.571 bits per heavy atom. The molecule has 0 rings (SSSR count). The van der Waals surface area contributed by atoms with Gasteiger partial charge in [0.15, 0.2) is 0 Å². The van der Waals surface area contributed by atoms with E-state index in [1.54, 1.807) is 0 Å². The molecule has 0 aromatic rings. The Kier molecular flexibility index (Phi) is 78.8. The molecular formula is C16H36IrO4. The van der Waals surface area contributed by atoms with Gasteiger partial charge in [0.05, 0.1) is 0 Å².